The highest BCUT2D eigenvalue weighted by Crippen LogP contribution is 2.24. The van der Waals surface area contributed by atoms with Gasteiger partial charge in [-0.2, -0.15) is 0 Å². The Morgan fingerprint density at radius 3 is 2.65 bits per heavy atom. The van der Waals surface area contributed by atoms with Gasteiger partial charge in [-0.15, -0.1) is 11.3 Å². The van der Waals surface area contributed by atoms with E-state index in [-0.39, 0.29) is 11.9 Å². The van der Waals surface area contributed by atoms with Crippen LogP contribution >= 0.6 is 11.3 Å². The minimum atomic E-state index is -0.364. The molecule has 26 heavy (non-hydrogen) atoms. The van der Waals surface area contributed by atoms with E-state index in [2.05, 4.69) is 20.6 Å². The molecule has 0 aromatic carbocycles. The molecule has 1 atom stereocenters. The number of carbonyl (C=O) groups excluding carboxylic acids is 1. The lowest BCUT2D eigenvalue weighted by atomic mass is 10.1. The number of thiophene rings is 1. The summed E-state index contributed by atoms with van der Waals surface area (Å²) in [6.07, 6.45) is 7.86. The average Bonchev–Trinajstić information content (AvgIpc) is 3.09. The third-order valence-corrected chi connectivity index (χ3v) is 5.21. The Labute approximate surface area is 157 Å². The van der Waals surface area contributed by atoms with Gasteiger partial charge in [0.25, 0.3) is 0 Å². The smallest absolute Gasteiger partial charge is 0.242 e. The lowest BCUT2D eigenvalue weighted by Crippen LogP contribution is -2.38. The predicted molar refractivity (Wildman–Crippen MR) is 104 cm³/mol. The third kappa shape index (κ3) is 4.97. The number of hydrogen-bond donors (Lipinski definition) is 2. The fourth-order valence-electron chi connectivity index (χ4n) is 2.68. The van der Waals surface area contributed by atoms with Crippen molar-refractivity contribution in [3.05, 3.63) is 82.1 Å². The van der Waals surface area contributed by atoms with Gasteiger partial charge in [0, 0.05) is 42.8 Å². The van der Waals surface area contributed by atoms with E-state index in [9.17, 15) is 4.79 Å². The molecule has 0 radical (unpaired) electrons. The van der Waals surface area contributed by atoms with Crippen molar-refractivity contribution in [3.63, 3.8) is 0 Å². The van der Waals surface area contributed by atoms with Crippen LogP contribution in [-0.2, 0) is 17.8 Å². The van der Waals surface area contributed by atoms with E-state index in [4.69, 9.17) is 0 Å². The second-order valence-corrected chi connectivity index (χ2v) is 6.99. The van der Waals surface area contributed by atoms with Crippen molar-refractivity contribution < 1.29 is 4.79 Å². The van der Waals surface area contributed by atoms with Gasteiger partial charge in [0.1, 0.15) is 6.04 Å². The van der Waals surface area contributed by atoms with Crippen LogP contribution in [-0.4, -0.2) is 22.4 Å². The molecule has 2 N–H and O–H groups in total. The monoisotopic (exact) mass is 366 g/mol. The first kappa shape index (κ1) is 18.2. The standard InChI is InChI=1S/C20H22N4OS/c1-15-7-12-26-19(15)18(24-14-17-4-9-21-10-5-17)20(25)23-11-6-16-3-2-8-22-13-16/h2-5,7-10,12-13,18,24H,6,11,14H2,1H3,(H,23,25). The van der Waals surface area contributed by atoms with Gasteiger partial charge in [0.2, 0.25) is 5.91 Å². The molecule has 5 nitrogen and oxygen atoms in total. The first-order valence-corrected chi connectivity index (χ1v) is 9.45. The molecule has 0 aliphatic heterocycles. The lowest BCUT2D eigenvalue weighted by Gasteiger charge is -2.18. The van der Waals surface area contributed by atoms with Gasteiger partial charge >= 0.3 is 0 Å². The molecule has 3 heterocycles. The van der Waals surface area contributed by atoms with Crippen molar-refractivity contribution in [2.75, 3.05) is 6.54 Å². The van der Waals surface area contributed by atoms with Crippen molar-refractivity contribution in [3.8, 4) is 0 Å². The van der Waals surface area contributed by atoms with E-state index in [0.717, 1.165) is 28.0 Å². The van der Waals surface area contributed by atoms with Gasteiger partial charge in [-0.3, -0.25) is 20.1 Å². The number of amides is 1. The third-order valence-electron chi connectivity index (χ3n) is 4.12. The van der Waals surface area contributed by atoms with Crippen LogP contribution in [0.4, 0.5) is 0 Å². The minimum Gasteiger partial charge on any atom is -0.354 e. The normalized spacial score (nSPS) is 11.9. The summed E-state index contributed by atoms with van der Waals surface area (Å²) in [6.45, 7) is 3.23. The number of aromatic nitrogens is 2. The minimum absolute atomic E-state index is 0.00602. The topological polar surface area (TPSA) is 66.9 Å². The zero-order chi connectivity index (χ0) is 18.2. The largest absolute Gasteiger partial charge is 0.354 e. The second-order valence-electron chi connectivity index (χ2n) is 6.04. The van der Waals surface area contributed by atoms with Gasteiger partial charge in [-0.25, -0.2) is 0 Å². The fraction of sp³-hybridized carbons (Fsp3) is 0.250. The fourth-order valence-corrected chi connectivity index (χ4v) is 3.68. The molecule has 0 fully saturated rings. The maximum atomic E-state index is 12.8. The van der Waals surface area contributed by atoms with Gasteiger partial charge in [-0.1, -0.05) is 6.07 Å². The van der Waals surface area contributed by atoms with Crippen LogP contribution in [0.3, 0.4) is 0 Å². The summed E-state index contributed by atoms with van der Waals surface area (Å²) in [7, 11) is 0. The molecule has 0 bridgehead atoms. The van der Waals surface area contributed by atoms with Crippen LogP contribution in [0.2, 0.25) is 0 Å². The molecule has 134 valence electrons. The molecular weight excluding hydrogens is 344 g/mol. The molecule has 1 amide bonds. The molecule has 3 rings (SSSR count). The molecule has 0 aliphatic rings. The summed E-state index contributed by atoms with van der Waals surface area (Å²) < 4.78 is 0. The number of carbonyl (C=O) groups is 1. The highest BCUT2D eigenvalue weighted by molar-refractivity contribution is 7.10. The van der Waals surface area contributed by atoms with E-state index < -0.39 is 0 Å². The molecule has 0 spiro atoms. The van der Waals surface area contributed by atoms with E-state index >= 15 is 0 Å². The van der Waals surface area contributed by atoms with Crippen LogP contribution in [0.15, 0.2) is 60.5 Å². The van der Waals surface area contributed by atoms with Crippen LogP contribution in [0.1, 0.15) is 27.6 Å². The Kier molecular flexibility index (Phi) is 6.46. The summed E-state index contributed by atoms with van der Waals surface area (Å²) in [5, 5.41) is 8.46. The number of nitrogens with zero attached hydrogens (tertiary/aromatic N) is 2. The summed E-state index contributed by atoms with van der Waals surface area (Å²) in [5.74, 6) is -0.00602. The van der Waals surface area contributed by atoms with Crippen molar-refractivity contribution >= 4 is 17.2 Å². The average molecular weight is 366 g/mol. The van der Waals surface area contributed by atoms with Crippen LogP contribution in [0, 0.1) is 6.92 Å². The Bertz CT molecular complexity index is 820. The Morgan fingerprint density at radius 1 is 1.12 bits per heavy atom. The number of nitrogens with one attached hydrogen (secondary N) is 2. The van der Waals surface area contributed by atoms with Gasteiger partial charge in [0.15, 0.2) is 0 Å². The van der Waals surface area contributed by atoms with Crippen molar-refractivity contribution in [1.29, 1.82) is 0 Å². The van der Waals surface area contributed by atoms with E-state index in [1.807, 2.05) is 48.8 Å². The first-order chi connectivity index (χ1) is 12.7. The summed E-state index contributed by atoms with van der Waals surface area (Å²) >= 11 is 1.61. The van der Waals surface area contributed by atoms with Gasteiger partial charge in [0.05, 0.1) is 0 Å². The number of hydrogen-bond acceptors (Lipinski definition) is 5. The predicted octanol–water partition coefficient (Wildman–Crippen LogP) is 3.04. The molecule has 0 saturated carbocycles. The second kappa shape index (κ2) is 9.22. The number of pyridine rings is 2. The molecule has 0 saturated heterocycles. The van der Waals surface area contributed by atoms with E-state index in [0.29, 0.717) is 13.1 Å². The molecule has 0 aliphatic carbocycles. The summed E-state index contributed by atoms with van der Waals surface area (Å²) in [5.41, 5.74) is 3.34. The quantitative estimate of drug-likeness (QED) is 0.643. The van der Waals surface area contributed by atoms with Gasteiger partial charge in [-0.05, 0) is 59.7 Å². The van der Waals surface area contributed by atoms with Crippen molar-refractivity contribution in [2.24, 2.45) is 0 Å². The van der Waals surface area contributed by atoms with Crippen molar-refractivity contribution in [1.82, 2.24) is 20.6 Å². The molecule has 3 aromatic heterocycles. The van der Waals surface area contributed by atoms with E-state index in [1.54, 1.807) is 29.9 Å². The highest BCUT2D eigenvalue weighted by atomic mass is 32.1. The van der Waals surface area contributed by atoms with Crippen molar-refractivity contribution in [2.45, 2.75) is 25.9 Å². The Morgan fingerprint density at radius 2 is 1.96 bits per heavy atom. The number of rotatable bonds is 8. The Hall–Kier alpha value is -2.57. The molecular formula is C20H22N4OS. The van der Waals surface area contributed by atoms with Crippen LogP contribution in [0.25, 0.3) is 0 Å². The zero-order valence-corrected chi connectivity index (χ0v) is 15.5. The molecule has 6 heteroatoms. The summed E-state index contributed by atoms with van der Waals surface area (Å²) in [6, 6.07) is 9.51. The Balaban J connectivity index is 1.62. The lowest BCUT2D eigenvalue weighted by molar-refractivity contribution is -0.123. The van der Waals surface area contributed by atoms with Gasteiger partial charge < -0.3 is 5.32 Å². The highest BCUT2D eigenvalue weighted by Gasteiger charge is 2.22. The maximum Gasteiger partial charge on any atom is 0.242 e. The van der Waals surface area contributed by atoms with Crippen LogP contribution in [0.5, 0.6) is 0 Å². The summed E-state index contributed by atoms with van der Waals surface area (Å²) in [4.78, 5) is 22.0. The molecule has 3 aromatic rings. The first-order valence-electron chi connectivity index (χ1n) is 8.57. The maximum absolute atomic E-state index is 12.8. The SMILES string of the molecule is Cc1ccsc1C(NCc1ccncc1)C(=O)NCCc1cccnc1. The number of aryl methyl sites for hydroxylation is 1. The zero-order valence-electron chi connectivity index (χ0n) is 14.7. The van der Waals surface area contributed by atoms with Crippen LogP contribution < -0.4 is 10.6 Å². The van der Waals surface area contributed by atoms with E-state index in [1.165, 1.54) is 0 Å². The molecule has 1 unspecified atom stereocenters.